The van der Waals surface area contributed by atoms with Gasteiger partial charge < -0.3 is 10.1 Å². The minimum Gasteiger partial charge on any atom is -0.358 e. The Morgan fingerprint density at radius 2 is 2.21 bits per heavy atom. The van der Waals surface area contributed by atoms with Crippen molar-refractivity contribution in [2.24, 2.45) is 0 Å². The Labute approximate surface area is 95.6 Å². The van der Waals surface area contributed by atoms with Gasteiger partial charge in [-0.05, 0) is 50.2 Å². The fourth-order valence-electron chi connectivity index (χ4n) is 0.753. The second kappa shape index (κ2) is 4.30. The normalized spacial score (nSPS) is 10.6. The van der Waals surface area contributed by atoms with Crippen LogP contribution in [0.15, 0.2) is 6.07 Å². The molecule has 0 aliphatic rings. The number of halogens is 4. The molecule has 76 valence electrons. The summed E-state index contributed by atoms with van der Waals surface area (Å²) >= 11 is 6.90. The van der Waals surface area contributed by atoms with Crippen LogP contribution in [-0.2, 0) is 0 Å². The summed E-state index contributed by atoms with van der Waals surface area (Å²) in [4.78, 5) is 12.8. The molecule has 0 fully saturated rings. The second-order valence-corrected chi connectivity index (χ2v) is 3.75. The topological polar surface area (TPSA) is 56.0 Å². The van der Waals surface area contributed by atoms with Crippen molar-refractivity contribution in [3.8, 4) is 0 Å². The molecule has 4 nitrogen and oxygen atoms in total. The van der Waals surface area contributed by atoms with Gasteiger partial charge in [-0.2, -0.15) is 0 Å². The van der Waals surface area contributed by atoms with E-state index in [-0.39, 0.29) is 3.57 Å². The van der Waals surface area contributed by atoms with Crippen molar-refractivity contribution in [1.29, 1.82) is 0 Å². The third-order valence-corrected chi connectivity index (χ3v) is 2.44. The van der Waals surface area contributed by atoms with Gasteiger partial charge >= 0.3 is 5.82 Å². The van der Waals surface area contributed by atoms with Crippen LogP contribution in [0, 0.1) is 13.7 Å². The number of alkyl halides is 2. The Morgan fingerprint density at radius 3 is 2.64 bits per heavy atom. The first-order valence-corrected chi connectivity index (χ1v) is 4.67. The first-order valence-electron chi connectivity index (χ1n) is 3.22. The SMILES string of the molecule is O=[N+]([O-])c1nc(Cl)c(C(F)F)cc1I. The lowest BCUT2D eigenvalue weighted by molar-refractivity contribution is -0.390. The molecule has 0 bridgehead atoms. The number of hydrogen-bond donors (Lipinski definition) is 0. The second-order valence-electron chi connectivity index (χ2n) is 2.23. The number of aromatic nitrogens is 1. The van der Waals surface area contributed by atoms with Crippen molar-refractivity contribution in [2.75, 3.05) is 0 Å². The van der Waals surface area contributed by atoms with E-state index < -0.39 is 27.9 Å². The quantitative estimate of drug-likeness (QED) is 0.361. The number of nitro groups is 1. The Bertz CT molecular complexity index is 388. The molecule has 0 atom stereocenters. The van der Waals surface area contributed by atoms with Gasteiger partial charge in [-0.15, -0.1) is 0 Å². The summed E-state index contributed by atoms with van der Waals surface area (Å²) in [5, 5.41) is 9.81. The highest BCUT2D eigenvalue weighted by molar-refractivity contribution is 14.1. The lowest BCUT2D eigenvalue weighted by Gasteiger charge is -2.00. The molecule has 1 aromatic rings. The summed E-state index contributed by atoms with van der Waals surface area (Å²) in [6, 6.07) is 0.957. The van der Waals surface area contributed by atoms with Gasteiger partial charge in [0, 0.05) is 0 Å². The fourth-order valence-corrected chi connectivity index (χ4v) is 1.62. The van der Waals surface area contributed by atoms with Crippen molar-refractivity contribution in [1.82, 2.24) is 4.98 Å². The van der Waals surface area contributed by atoms with E-state index in [1.165, 1.54) is 0 Å². The third kappa shape index (κ3) is 2.27. The molecule has 0 N–H and O–H groups in total. The van der Waals surface area contributed by atoms with Gasteiger partial charge in [-0.25, -0.2) is 8.78 Å². The molecule has 0 spiro atoms. The van der Waals surface area contributed by atoms with E-state index in [4.69, 9.17) is 11.6 Å². The van der Waals surface area contributed by atoms with Crippen molar-refractivity contribution in [2.45, 2.75) is 6.43 Å². The summed E-state index contributed by atoms with van der Waals surface area (Å²) in [6.07, 6.45) is -2.79. The average Bonchev–Trinajstić information content (AvgIpc) is 2.07. The minimum absolute atomic E-state index is 0.0345. The molecule has 0 aliphatic carbocycles. The predicted octanol–water partition coefficient (Wildman–Crippen LogP) is 3.19. The first kappa shape index (κ1) is 11.5. The summed E-state index contributed by atoms with van der Waals surface area (Å²) in [6.45, 7) is 0. The molecule has 0 saturated carbocycles. The molecule has 0 unspecified atom stereocenters. The smallest absolute Gasteiger partial charge is 0.358 e. The standard InChI is InChI=1S/C6H2ClF2IN2O2/c7-4-2(5(8)9)1-3(10)6(11-4)12(13)14/h1,5H. The van der Waals surface area contributed by atoms with Gasteiger partial charge in [0.2, 0.25) is 0 Å². The Balaban J connectivity index is 3.31. The van der Waals surface area contributed by atoms with Crippen molar-refractivity contribution in [3.05, 3.63) is 30.5 Å². The van der Waals surface area contributed by atoms with Crippen LogP contribution in [0.2, 0.25) is 5.15 Å². The number of nitrogens with zero attached hydrogens (tertiary/aromatic N) is 2. The molecular weight excluding hydrogens is 332 g/mol. The molecule has 1 rings (SSSR count). The summed E-state index contributed by atoms with van der Waals surface area (Å²) in [5.41, 5.74) is -0.498. The van der Waals surface area contributed by atoms with Gasteiger partial charge in [-0.1, -0.05) is 0 Å². The highest BCUT2D eigenvalue weighted by atomic mass is 127. The van der Waals surface area contributed by atoms with E-state index in [0.29, 0.717) is 0 Å². The van der Waals surface area contributed by atoms with E-state index in [9.17, 15) is 18.9 Å². The lowest BCUT2D eigenvalue weighted by Crippen LogP contribution is -1.99. The molecule has 8 heteroatoms. The highest BCUT2D eigenvalue weighted by Gasteiger charge is 2.23. The van der Waals surface area contributed by atoms with E-state index in [1.54, 1.807) is 22.6 Å². The van der Waals surface area contributed by atoms with E-state index in [2.05, 4.69) is 4.98 Å². The Kier molecular flexibility index (Phi) is 3.53. The lowest BCUT2D eigenvalue weighted by atomic mass is 10.3. The minimum atomic E-state index is -2.79. The van der Waals surface area contributed by atoms with Gasteiger partial charge in [-0.3, -0.25) is 0 Å². The van der Waals surface area contributed by atoms with E-state index in [1.807, 2.05) is 0 Å². The molecule has 0 aromatic carbocycles. The molecule has 0 radical (unpaired) electrons. The first-order chi connectivity index (χ1) is 6.43. The van der Waals surface area contributed by atoms with Crippen LogP contribution in [-0.4, -0.2) is 9.91 Å². The van der Waals surface area contributed by atoms with Gasteiger partial charge in [0.15, 0.2) is 0 Å². The van der Waals surface area contributed by atoms with Crippen LogP contribution in [0.4, 0.5) is 14.6 Å². The van der Waals surface area contributed by atoms with Crippen LogP contribution in [0.3, 0.4) is 0 Å². The van der Waals surface area contributed by atoms with E-state index >= 15 is 0 Å². The summed E-state index contributed by atoms with van der Waals surface area (Å²) < 4.78 is 24.5. The number of pyridine rings is 1. The van der Waals surface area contributed by atoms with Crippen LogP contribution >= 0.6 is 34.2 Å². The highest BCUT2D eigenvalue weighted by Crippen LogP contribution is 2.30. The van der Waals surface area contributed by atoms with Gasteiger partial charge in [0.05, 0.1) is 5.56 Å². The van der Waals surface area contributed by atoms with Crippen LogP contribution < -0.4 is 0 Å². The number of rotatable bonds is 2. The maximum Gasteiger partial charge on any atom is 0.378 e. The molecule has 14 heavy (non-hydrogen) atoms. The predicted molar refractivity (Wildman–Crippen MR) is 53.6 cm³/mol. The zero-order chi connectivity index (χ0) is 10.9. The zero-order valence-corrected chi connectivity index (χ0v) is 9.29. The fraction of sp³-hybridized carbons (Fsp3) is 0.167. The molecule has 0 saturated heterocycles. The Hall–Kier alpha value is -0.570. The van der Waals surface area contributed by atoms with Gasteiger partial charge in [0.1, 0.15) is 3.57 Å². The van der Waals surface area contributed by atoms with Crippen LogP contribution in [0.5, 0.6) is 0 Å². The van der Waals surface area contributed by atoms with Crippen molar-refractivity contribution < 1.29 is 13.7 Å². The van der Waals surface area contributed by atoms with Crippen LogP contribution in [0.1, 0.15) is 12.0 Å². The van der Waals surface area contributed by atoms with Crippen molar-refractivity contribution in [3.63, 3.8) is 0 Å². The van der Waals surface area contributed by atoms with Gasteiger partial charge in [0.25, 0.3) is 11.6 Å². The Morgan fingerprint density at radius 1 is 1.64 bits per heavy atom. The molecular formula is C6H2ClF2IN2O2. The van der Waals surface area contributed by atoms with E-state index in [0.717, 1.165) is 6.07 Å². The zero-order valence-electron chi connectivity index (χ0n) is 6.38. The largest absolute Gasteiger partial charge is 0.378 e. The van der Waals surface area contributed by atoms with Crippen molar-refractivity contribution >= 4 is 40.0 Å². The number of hydrogen-bond acceptors (Lipinski definition) is 3. The molecule has 1 heterocycles. The molecule has 0 amide bonds. The average molecular weight is 334 g/mol. The third-order valence-electron chi connectivity index (χ3n) is 1.35. The molecule has 1 aromatic heterocycles. The summed E-state index contributed by atoms with van der Waals surface area (Å²) in [5.74, 6) is -0.514. The maximum atomic E-state index is 12.2. The monoisotopic (exact) mass is 334 g/mol. The summed E-state index contributed by atoms with van der Waals surface area (Å²) in [7, 11) is 0. The van der Waals surface area contributed by atoms with Crippen LogP contribution in [0.25, 0.3) is 0 Å². The molecule has 0 aliphatic heterocycles. The maximum absolute atomic E-state index is 12.2.